The fourth-order valence-corrected chi connectivity index (χ4v) is 3.45. The van der Waals surface area contributed by atoms with Crippen LogP contribution in [0.2, 0.25) is 0 Å². The Morgan fingerprint density at radius 2 is 1.47 bits per heavy atom. The molecule has 3 unspecified atom stereocenters. The van der Waals surface area contributed by atoms with Crippen molar-refractivity contribution in [2.75, 3.05) is 7.11 Å². The quantitative estimate of drug-likeness (QED) is 0.231. The number of hydrogen-bond donors (Lipinski definition) is 2. The van der Waals surface area contributed by atoms with E-state index in [1.165, 1.54) is 0 Å². The molecular weight excluding hydrogens is 509 g/mol. The monoisotopic (exact) mass is 531 g/mol. The molecule has 2 aromatic carbocycles. The predicted octanol–water partition coefficient (Wildman–Crippen LogP) is 3.78. The molecule has 8 nitrogen and oxygen atoms in total. The average molecular weight is 533 g/mol. The van der Waals surface area contributed by atoms with Crippen LogP contribution < -0.4 is 0 Å². The Hall–Kier alpha value is -1.91. The standard InChI is InChI=1S/C23H24Cl3NO7/c1-30-20(29)18-16(28)17(31-12-14-8-4-2-5-9-14)19(32-13-15-10-6-3-7-11-15)21(33-18)34-22(27)23(24,25)26/h2-11,16-19,21,27-28H,12-13H2,1H3/t16-,17?,18?,19?,21-/m0/s1. The van der Waals surface area contributed by atoms with Crippen LogP contribution in [0.4, 0.5) is 0 Å². The summed E-state index contributed by atoms with van der Waals surface area (Å²) in [7, 11) is 1.15. The summed E-state index contributed by atoms with van der Waals surface area (Å²) in [5, 5.41) is 18.9. The van der Waals surface area contributed by atoms with Gasteiger partial charge >= 0.3 is 5.97 Å². The van der Waals surface area contributed by atoms with E-state index in [2.05, 4.69) is 0 Å². The third-order valence-electron chi connectivity index (χ3n) is 5.02. The SMILES string of the molecule is COC(=O)C1O[C@@H](OC(=N)C(Cl)(Cl)Cl)C(OCc2ccccc2)C(OCc2ccccc2)[C@@H]1O. The second-order valence-corrected chi connectivity index (χ2v) is 9.69. The third-order valence-corrected chi connectivity index (χ3v) is 5.53. The minimum Gasteiger partial charge on any atom is -0.467 e. The molecule has 0 saturated carbocycles. The number of hydrogen-bond acceptors (Lipinski definition) is 8. The first-order chi connectivity index (χ1) is 16.2. The first kappa shape index (κ1) is 26.7. The Morgan fingerprint density at radius 3 is 1.94 bits per heavy atom. The fraction of sp³-hybridized carbons (Fsp3) is 0.391. The zero-order valence-electron chi connectivity index (χ0n) is 18.1. The van der Waals surface area contributed by atoms with Crippen molar-refractivity contribution in [2.24, 2.45) is 0 Å². The first-order valence-electron chi connectivity index (χ1n) is 10.3. The van der Waals surface area contributed by atoms with Crippen molar-refractivity contribution in [1.82, 2.24) is 0 Å². The van der Waals surface area contributed by atoms with Gasteiger partial charge in [0.15, 0.2) is 6.10 Å². The van der Waals surface area contributed by atoms with Gasteiger partial charge in [-0.1, -0.05) is 95.5 Å². The van der Waals surface area contributed by atoms with E-state index >= 15 is 0 Å². The summed E-state index contributed by atoms with van der Waals surface area (Å²) in [6.45, 7) is 0.187. The summed E-state index contributed by atoms with van der Waals surface area (Å²) in [5.41, 5.74) is 1.65. The molecular formula is C23H24Cl3NO7. The number of nitrogens with one attached hydrogen (secondary N) is 1. The van der Waals surface area contributed by atoms with Gasteiger partial charge in [0.25, 0.3) is 3.79 Å². The fourth-order valence-electron chi connectivity index (χ4n) is 3.31. The molecule has 184 valence electrons. The number of alkyl halides is 3. The Morgan fingerprint density at radius 1 is 0.971 bits per heavy atom. The number of rotatable bonds is 8. The average Bonchev–Trinajstić information content (AvgIpc) is 2.83. The summed E-state index contributed by atoms with van der Waals surface area (Å²) in [6, 6.07) is 18.5. The van der Waals surface area contributed by atoms with E-state index in [0.717, 1.165) is 18.2 Å². The van der Waals surface area contributed by atoms with E-state index in [1.807, 2.05) is 60.7 Å². The van der Waals surface area contributed by atoms with Crippen LogP contribution in [0.3, 0.4) is 0 Å². The number of aliphatic hydroxyl groups is 1. The topological polar surface area (TPSA) is 107 Å². The number of benzene rings is 2. The van der Waals surface area contributed by atoms with Crippen LogP contribution in [0.1, 0.15) is 11.1 Å². The molecule has 0 spiro atoms. The maximum atomic E-state index is 12.3. The van der Waals surface area contributed by atoms with Gasteiger partial charge in [0.1, 0.15) is 18.3 Å². The molecule has 2 aromatic rings. The largest absolute Gasteiger partial charge is 0.467 e. The highest BCUT2D eigenvalue weighted by atomic mass is 35.6. The van der Waals surface area contributed by atoms with Gasteiger partial charge in [-0.2, -0.15) is 0 Å². The molecule has 34 heavy (non-hydrogen) atoms. The van der Waals surface area contributed by atoms with Gasteiger partial charge in [0.05, 0.1) is 20.3 Å². The van der Waals surface area contributed by atoms with Gasteiger partial charge in [-0.15, -0.1) is 0 Å². The summed E-state index contributed by atoms with van der Waals surface area (Å²) in [5.74, 6) is -1.62. The number of ether oxygens (including phenoxy) is 5. The molecule has 11 heteroatoms. The summed E-state index contributed by atoms with van der Waals surface area (Å²) >= 11 is 17.3. The predicted molar refractivity (Wildman–Crippen MR) is 126 cm³/mol. The molecule has 2 N–H and O–H groups in total. The van der Waals surface area contributed by atoms with E-state index < -0.39 is 46.4 Å². The number of esters is 1. The van der Waals surface area contributed by atoms with Crippen molar-refractivity contribution < 1.29 is 33.6 Å². The Labute approximate surface area is 212 Å². The van der Waals surface area contributed by atoms with Crippen molar-refractivity contribution >= 4 is 46.7 Å². The molecule has 1 saturated heterocycles. The minimum atomic E-state index is -2.19. The Kier molecular flexibility index (Phi) is 9.56. The smallest absolute Gasteiger partial charge is 0.337 e. The van der Waals surface area contributed by atoms with Gasteiger partial charge in [0.2, 0.25) is 12.2 Å². The Balaban J connectivity index is 1.89. The van der Waals surface area contributed by atoms with Crippen LogP contribution in [0.5, 0.6) is 0 Å². The lowest BCUT2D eigenvalue weighted by Crippen LogP contribution is -2.62. The number of aliphatic hydroxyl groups excluding tert-OH is 1. The molecule has 1 aliphatic heterocycles. The van der Waals surface area contributed by atoms with Crippen LogP contribution in [-0.4, -0.2) is 58.6 Å². The second-order valence-electron chi connectivity index (χ2n) is 7.41. The lowest BCUT2D eigenvalue weighted by molar-refractivity contribution is -0.296. The van der Waals surface area contributed by atoms with Crippen molar-refractivity contribution in [2.45, 2.75) is 47.7 Å². The van der Waals surface area contributed by atoms with E-state index in [0.29, 0.717) is 0 Å². The van der Waals surface area contributed by atoms with E-state index in [1.54, 1.807) is 0 Å². The van der Waals surface area contributed by atoms with Crippen LogP contribution in [0.15, 0.2) is 60.7 Å². The van der Waals surface area contributed by atoms with Gasteiger partial charge in [-0.3, -0.25) is 5.41 Å². The molecule has 0 bridgehead atoms. The van der Waals surface area contributed by atoms with Crippen molar-refractivity contribution in [3.8, 4) is 0 Å². The maximum Gasteiger partial charge on any atom is 0.337 e. The molecule has 0 aromatic heterocycles. The van der Waals surface area contributed by atoms with Gasteiger partial charge in [-0.25, -0.2) is 4.79 Å². The van der Waals surface area contributed by atoms with Crippen LogP contribution in [-0.2, 0) is 41.7 Å². The number of methoxy groups -OCH3 is 1. The summed E-state index contributed by atoms with van der Waals surface area (Å²) in [4.78, 5) is 12.3. The second kappa shape index (κ2) is 12.2. The Bertz CT molecular complexity index is 943. The normalized spacial score (nSPS) is 24.9. The minimum absolute atomic E-state index is 0.0935. The van der Waals surface area contributed by atoms with Crippen LogP contribution in [0, 0.1) is 5.41 Å². The van der Waals surface area contributed by atoms with Crippen molar-refractivity contribution in [3.05, 3.63) is 71.8 Å². The zero-order chi connectivity index (χ0) is 24.7. The van der Waals surface area contributed by atoms with E-state index in [-0.39, 0.29) is 13.2 Å². The number of carbonyl (C=O) groups is 1. The number of halogens is 3. The molecule has 1 heterocycles. The first-order valence-corrected chi connectivity index (χ1v) is 11.4. The third kappa shape index (κ3) is 7.05. The van der Waals surface area contributed by atoms with Crippen LogP contribution >= 0.6 is 34.8 Å². The van der Waals surface area contributed by atoms with E-state index in [9.17, 15) is 9.90 Å². The highest BCUT2D eigenvalue weighted by Gasteiger charge is 2.52. The number of carbonyl (C=O) groups excluding carboxylic acids is 1. The van der Waals surface area contributed by atoms with Gasteiger partial charge in [0, 0.05) is 0 Å². The molecule has 1 aliphatic rings. The molecule has 5 atom stereocenters. The molecule has 3 rings (SSSR count). The highest BCUT2D eigenvalue weighted by Crippen LogP contribution is 2.33. The van der Waals surface area contributed by atoms with E-state index in [4.69, 9.17) is 63.9 Å². The van der Waals surface area contributed by atoms with Gasteiger partial charge < -0.3 is 28.8 Å². The van der Waals surface area contributed by atoms with Crippen LogP contribution in [0.25, 0.3) is 0 Å². The van der Waals surface area contributed by atoms with Crippen molar-refractivity contribution in [3.63, 3.8) is 0 Å². The molecule has 0 amide bonds. The lowest BCUT2D eigenvalue weighted by atomic mass is 9.98. The molecule has 0 radical (unpaired) electrons. The summed E-state index contributed by atoms with van der Waals surface area (Å²) < 4.78 is 25.7. The molecule has 0 aliphatic carbocycles. The maximum absolute atomic E-state index is 12.3. The molecule has 1 fully saturated rings. The summed E-state index contributed by atoms with van der Waals surface area (Å²) in [6.07, 6.45) is -6.61. The highest BCUT2D eigenvalue weighted by molar-refractivity contribution is 6.76. The zero-order valence-corrected chi connectivity index (χ0v) is 20.4. The van der Waals surface area contributed by atoms with Gasteiger partial charge in [-0.05, 0) is 11.1 Å². The van der Waals surface area contributed by atoms with Crippen molar-refractivity contribution in [1.29, 1.82) is 5.41 Å². The lowest BCUT2D eigenvalue weighted by Gasteiger charge is -2.43.